The van der Waals surface area contributed by atoms with E-state index in [2.05, 4.69) is 113 Å². The molecule has 8 aromatic rings. The summed E-state index contributed by atoms with van der Waals surface area (Å²) >= 11 is 0. The van der Waals surface area contributed by atoms with Crippen molar-refractivity contribution >= 4 is 0 Å². The van der Waals surface area contributed by atoms with Crippen LogP contribution >= 0.6 is 0 Å². The number of rotatable bonds is 7. The van der Waals surface area contributed by atoms with Gasteiger partial charge in [0.2, 0.25) is 0 Å². The minimum Gasteiger partial charge on any atom is -0.264 e. The van der Waals surface area contributed by atoms with E-state index in [1.807, 2.05) is 73.1 Å². The maximum Gasteiger partial charge on any atom is 0.160 e. The van der Waals surface area contributed by atoms with Crippen molar-refractivity contribution in [3.05, 3.63) is 182 Å². The Bertz CT molecular complexity index is 2130. The van der Waals surface area contributed by atoms with Gasteiger partial charge in [-0.05, 0) is 75.8 Å². The minimum atomic E-state index is 0.676. The smallest absolute Gasteiger partial charge is 0.160 e. The summed E-state index contributed by atoms with van der Waals surface area (Å²) < 4.78 is 0. The van der Waals surface area contributed by atoms with Gasteiger partial charge in [-0.2, -0.15) is 0 Å². The summed E-state index contributed by atoms with van der Waals surface area (Å²) in [6, 6.07) is 56.6. The normalized spacial score (nSPS) is 10.9. The summed E-state index contributed by atoms with van der Waals surface area (Å²) in [4.78, 5) is 19.1. The van der Waals surface area contributed by atoms with Crippen LogP contribution in [0.3, 0.4) is 0 Å². The number of nitrogens with zero attached hydrogens (tertiary/aromatic N) is 4. The molecule has 4 nitrogen and oxygen atoms in total. The first-order valence-electron chi connectivity index (χ1n) is 15.9. The fourth-order valence-electron chi connectivity index (χ4n) is 5.94. The number of pyridine rings is 2. The van der Waals surface area contributed by atoms with E-state index in [4.69, 9.17) is 9.97 Å². The number of aromatic nitrogens is 4. The SMILES string of the molecule is c1ccc(-c2cc(-c3ccccc3)nc(-c3cc(-c4ccc(-c5cccnc5)cc4)cc(-c4ccc(-c5ccccn5)cc4)c3)n2)cc1. The lowest BCUT2D eigenvalue weighted by Gasteiger charge is -2.13. The molecule has 0 saturated carbocycles. The molecule has 4 heteroatoms. The molecule has 0 aliphatic carbocycles. The second-order valence-electron chi connectivity index (χ2n) is 11.6. The lowest BCUT2D eigenvalue weighted by molar-refractivity contribution is 1.18. The molecule has 0 bridgehead atoms. The fraction of sp³-hybridized carbons (Fsp3) is 0. The second kappa shape index (κ2) is 13.1. The molecule has 48 heavy (non-hydrogen) atoms. The van der Waals surface area contributed by atoms with Gasteiger partial charge in [-0.15, -0.1) is 0 Å². The largest absolute Gasteiger partial charge is 0.264 e. The third kappa shape index (κ3) is 6.15. The molecule has 0 aliphatic heterocycles. The lowest BCUT2D eigenvalue weighted by atomic mass is 9.94. The fourth-order valence-corrected chi connectivity index (χ4v) is 5.94. The van der Waals surface area contributed by atoms with E-state index in [0.717, 1.165) is 72.7 Å². The molecule has 0 unspecified atom stereocenters. The van der Waals surface area contributed by atoms with Crippen LogP contribution < -0.4 is 0 Å². The Morgan fingerprint density at radius 1 is 0.292 bits per heavy atom. The Morgan fingerprint density at radius 2 is 0.771 bits per heavy atom. The first kappa shape index (κ1) is 28.9. The van der Waals surface area contributed by atoms with Crippen molar-refractivity contribution in [2.24, 2.45) is 0 Å². The van der Waals surface area contributed by atoms with E-state index >= 15 is 0 Å². The number of hydrogen-bond acceptors (Lipinski definition) is 4. The molecule has 0 spiro atoms. The number of hydrogen-bond donors (Lipinski definition) is 0. The van der Waals surface area contributed by atoms with Gasteiger partial charge >= 0.3 is 0 Å². The predicted molar refractivity (Wildman–Crippen MR) is 196 cm³/mol. The van der Waals surface area contributed by atoms with Crippen LogP contribution in [0.25, 0.3) is 78.5 Å². The summed E-state index contributed by atoms with van der Waals surface area (Å²) in [7, 11) is 0. The molecule has 0 fully saturated rings. The highest BCUT2D eigenvalue weighted by Crippen LogP contribution is 2.35. The van der Waals surface area contributed by atoms with Crippen LogP contribution in [0.1, 0.15) is 0 Å². The first-order chi connectivity index (χ1) is 23.8. The van der Waals surface area contributed by atoms with Crippen LogP contribution in [-0.2, 0) is 0 Å². The average Bonchev–Trinajstić information content (AvgIpc) is 3.19. The monoisotopic (exact) mass is 614 g/mol. The molecule has 0 saturated heterocycles. The van der Waals surface area contributed by atoms with Crippen molar-refractivity contribution in [2.45, 2.75) is 0 Å². The average molecular weight is 615 g/mol. The van der Waals surface area contributed by atoms with Crippen LogP contribution in [0.15, 0.2) is 182 Å². The zero-order chi connectivity index (χ0) is 32.1. The van der Waals surface area contributed by atoms with Crippen molar-refractivity contribution in [1.82, 2.24) is 19.9 Å². The van der Waals surface area contributed by atoms with Crippen molar-refractivity contribution < 1.29 is 0 Å². The maximum absolute atomic E-state index is 5.15. The molecule has 3 heterocycles. The van der Waals surface area contributed by atoms with Crippen molar-refractivity contribution in [2.75, 3.05) is 0 Å². The van der Waals surface area contributed by atoms with E-state index in [-0.39, 0.29) is 0 Å². The molecule has 0 amide bonds. The van der Waals surface area contributed by atoms with E-state index in [1.54, 1.807) is 6.20 Å². The predicted octanol–water partition coefficient (Wildman–Crippen LogP) is 10.9. The van der Waals surface area contributed by atoms with Gasteiger partial charge in [0.05, 0.1) is 17.1 Å². The summed E-state index contributed by atoms with van der Waals surface area (Å²) in [6.45, 7) is 0. The van der Waals surface area contributed by atoms with Gasteiger partial charge < -0.3 is 0 Å². The molecule has 0 N–H and O–H groups in total. The minimum absolute atomic E-state index is 0.676. The highest BCUT2D eigenvalue weighted by Gasteiger charge is 2.14. The van der Waals surface area contributed by atoms with Gasteiger partial charge in [-0.1, -0.05) is 121 Å². The van der Waals surface area contributed by atoms with Gasteiger partial charge in [0.15, 0.2) is 5.82 Å². The van der Waals surface area contributed by atoms with Crippen LogP contribution in [0.4, 0.5) is 0 Å². The second-order valence-corrected chi connectivity index (χ2v) is 11.6. The first-order valence-corrected chi connectivity index (χ1v) is 15.9. The van der Waals surface area contributed by atoms with Gasteiger partial charge in [-0.3, -0.25) is 9.97 Å². The van der Waals surface area contributed by atoms with Crippen molar-refractivity contribution in [1.29, 1.82) is 0 Å². The Kier molecular flexibility index (Phi) is 7.87. The molecular weight excluding hydrogens is 585 g/mol. The zero-order valence-corrected chi connectivity index (χ0v) is 26.1. The summed E-state index contributed by atoms with van der Waals surface area (Å²) in [5.74, 6) is 0.676. The third-order valence-electron chi connectivity index (χ3n) is 8.45. The van der Waals surface area contributed by atoms with Crippen molar-refractivity contribution in [3.8, 4) is 78.5 Å². The van der Waals surface area contributed by atoms with Crippen LogP contribution in [0.5, 0.6) is 0 Å². The van der Waals surface area contributed by atoms with Crippen LogP contribution in [0, 0.1) is 0 Å². The quantitative estimate of drug-likeness (QED) is 0.179. The molecule has 5 aromatic carbocycles. The van der Waals surface area contributed by atoms with Gasteiger partial charge in [0, 0.05) is 40.8 Å². The molecule has 8 rings (SSSR count). The standard InChI is InChI=1S/C44H30N4/c1-3-10-34(11-4-1)42-29-43(35-12-5-2-6-13-35)48-44(47-42)40-27-38(32-18-16-31(17-19-32)37-14-9-24-45-30-37)26-39(28-40)33-20-22-36(23-21-33)41-15-7-8-25-46-41/h1-30H. The van der Waals surface area contributed by atoms with Crippen molar-refractivity contribution in [3.63, 3.8) is 0 Å². The molecule has 0 radical (unpaired) electrons. The Labute approximate surface area is 280 Å². The topological polar surface area (TPSA) is 51.6 Å². The molecular formula is C44H30N4. The van der Waals surface area contributed by atoms with Gasteiger partial charge in [0.25, 0.3) is 0 Å². The van der Waals surface area contributed by atoms with E-state index in [9.17, 15) is 0 Å². The van der Waals surface area contributed by atoms with Gasteiger partial charge in [0.1, 0.15) is 0 Å². The highest BCUT2D eigenvalue weighted by molar-refractivity contribution is 5.82. The van der Waals surface area contributed by atoms with Gasteiger partial charge in [-0.25, -0.2) is 9.97 Å². The summed E-state index contributed by atoms with van der Waals surface area (Å²) in [5, 5.41) is 0. The Hall–Kier alpha value is -6.52. The van der Waals surface area contributed by atoms with Crippen LogP contribution in [0.2, 0.25) is 0 Å². The maximum atomic E-state index is 5.15. The zero-order valence-electron chi connectivity index (χ0n) is 26.1. The van der Waals surface area contributed by atoms with E-state index in [0.29, 0.717) is 5.82 Å². The van der Waals surface area contributed by atoms with Crippen LogP contribution in [-0.4, -0.2) is 19.9 Å². The lowest BCUT2D eigenvalue weighted by Crippen LogP contribution is -1.97. The van der Waals surface area contributed by atoms with E-state index in [1.165, 1.54) is 0 Å². The molecule has 226 valence electrons. The molecule has 0 atom stereocenters. The Morgan fingerprint density at radius 3 is 1.29 bits per heavy atom. The Balaban J connectivity index is 1.28. The number of benzene rings is 5. The third-order valence-corrected chi connectivity index (χ3v) is 8.45. The highest BCUT2D eigenvalue weighted by atomic mass is 14.9. The van der Waals surface area contributed by atoms with E-state index < -0.39 is 0 Å². The molecule has 0 aliphatic rings. The summed E-state index contributed by atoms with van der Waals surface area (Å²) in [6.07, 6.45) is 5.52. The summed E-state index contributed by atoms with van der Waals surface area (Å²) in [5.41, 5.74) is 13.4. The molecule has 3 aromatic heterocycles.